The smallest absolute Gasteiger partial charge is 0.222 e. The van der Waals surface area contributed by atoms with Gasteiger partial charge in [0.15, 0.2) is 0 Å². The van der Waals surface area contributed by atoms with Crippen LogP contribution >= 0.6 is 0 Å². The van der Waals surface area contributed by atoms with E-state index in [1.807, 2.05) is 30.3 Å². The number of rotatable bonds is 6. The van der Waals surface area contributed by atoms with Crippen LogP contribution in [0.3, 0.4) is 0 Å². The summed E-state index contributed by atoms with van der Waals surface area (Å²) in [4.78, 5) is 14.0. The molecule has 1 aromatic carbocycles. The maximum absolute atomic E-state index is 11.5. The summed E-state index contributed by atoms with van der Waals surface area (Å²) < 4.78 is 5.68. The van der Waals surface area contributed by atoms with E-state index in [9.17, 15) is 4.79 Å². The fourth-order valence-corrected chi connectivity index (χ4v) is 2.62. The third-order valence-corrected chi connectivity index (χ3v) is 3.84. The van der Waals surface area contributed by atoms with Crippen molar-refractivity contribution in [3.63, 3.8) is 0 Å². The normalized spacial score (nSPS) is 16.9. The van der Waals surface area contributed by atoms with Crippen LogP contribution in [0.15, 0.2) is 30.3 Å². The fraction of sp³-hybridized carbons (Fsp3) is 0.562. The lowest BCUT2D eigenvalue weighted by Gasteiger charge is -2.30. The number of benzene rings is 1. The van der Waals surface area contributed by atoms with E-state index in [1.54, 1.807) is 7.05 Å². The Morgan fingerprint density at radius 3 is 2.65 bits per heavy atom. The number of piperidine rings is 1. The zero-order valence-corrected chi connectivity index (χ0v) is 12.2. The van der Waals surface area contributed by atoms with Gasteiger partial charge in [-0.3, -0.25) is 4.79 Å². The predicted octanol–water partition coefficient (Wildman–Crippen LogP) is 1.91. The van der Waals surface area contributed by atoms with Gasteiger partial charge in [-0.1, -0.05) is 18.2 Å². The van der Waals surface area contributed by atoms with Crippen molar-refractivity contribution in [2.75, 3.05) is 33.3 Å². The molecule has 0 unspecified atom stereocenters. The Morgan fingerprint density at radius 2 is 2.00 bits per heavy atom. The Kier molecular flexibility index (Phi) is 5.87. The van der Waals surface area contributed by atoms with Gasteiger partial charge in [-0.15, -0.1) is 0 Å². The number of amides is 1. The van der Waals surface area contributed by atoms with Gasteiger partial charge in [0.05, 0.1) is 6.61 Å². The molecule has 1 aliphatic rings. The minimum atomic E-state index is 0.192. The highest BCUT2D eigenvalue weighted by Crippen LogP contribution is 2.17. The lowest BCUT2D eigenvalue weighted by molar-refractivity contribution is -0.125. The highest BCUT2D eigenvalue weighted by molar-refractivity contribution is 5.78. The van der Waals surface area contributed by atoms with Gasteiger partial charge < -0.3 is 15.0 Å². The van der Waals surface area contributed by atoms with E-state index in [-0.39, 0.29) is 11.8 Å². The first kappa shape index (κ1) is 14.9. The minimum Gasteiger partial charge on any atom is -0.494 e. The predicted molar refractivity (Wildman–Crippen MR) is 79.8 cm³/mol. The first-order valence-electron chi connectivity index (χ1n) is 7.41. The van der Waals surface area contributed by atoms with E-state index < -0.39 is 0 Å². The molecule has 110 valence electrons. The van der Waals surface area contributed by atoms with E-state index in [2.05, 4.69) is 10.2 Å². The van der Waals surface area contributed by atoms with Crippen LogP contribution in [0.25, 0.3) is 0 Å². The highest BCUT2D eigenvalue weighted by Gasteiger charge is 2.23. The summed E-state index contributed by atoms with van der Waals surface area (Å²) in [7, 11) is 1.72. The summed E-state index contributed by atoms with van der Waals surface area (Å²) in [6.45, 7) is 3.83. The molecule has 20 heavy (non-hydrogen) atoms. The second-order valence-electron chi connectivity index (χ2n) is 5.25. The average molecular weight is 276 g/mol. The van der Waals surface area contributed by atoms with Crippen LogP contribution in [0.4, 0.5) is 0 Å². The van der Waals surface area contributed by atoms with Gasteiger partial charge in [-0.2, -0.15) is 0 Å². The monoisotopic (exact) mass is 276 g/mol. The molecule has 0 radical (unpaired) electrons. The van der Waals surface area contributed by atoms with Crippen LogP contribution in [0.5, 0.6) is 5.75 Å². The summed E-state index contributed by atoms with van der Waals surface area (Å²) in [5.74, 6) is 1.33. The Balaban J connectivity index is 1.58. The van der Waals surface area contributed by atoms with Crippen LogP contribution in [-0.2, 0) is 4.79 Å². The van der Waals surface area contributed by atoms with Gasteiger partial charge in [-0.05, 0) is 44.5 Å². The van der Waals surface area contributed by atoms with Crippen LogP contribution in [0, 0.1) is 5.92 Å². The van der Waals surface area contributed by atoms with Gasteiger partial charge in [0.1, 0.15) is 5.75 Å². The van der Waals surface area contributed by atoms with E-state index in [0.29, 0.717) is 0 Å². The zero-order valence-electron chi connectivity index (χ0n) is 12.2. The number of hydrogen-bond donors (Lipinski definition) is 1. The van der Waals surface area contributed by atoms with Crippen molar-refractivity contribution in [3.8, 4) is 5.75 Å². The summed E-state index contributed by atoms with van der Waals surface area (Å²) >= 11 is 0. The minimum absolute atomic E-state index is 0.192. The molecule has 1 fully saturated rings. The molecule has 0 spiro atoms. The lowest BCUT2D eigenvalue weighted by Crippen LogP contribution is -2.40. The third kappa shape index (κ3) is 4.53. The number of ether oxygens (including phenoxy) is 1. The van der Waals surface area contributed by atoms with Gasteiger partial charge in [0.2, 0.25) is 5.91 Å². The molecule has 4 nitrogen and oxygen atoms in total. The van der Waals surface area contributed by atoms with Crippen molar-refractivity contribution < 1.29 is 9.53 Å². The number of likely N-dealkylation sites (tertiary alicyclic amines) is 1. The molecular formula is C16H24N2O2. The Labute approximate surface area is 121 Å². The Hall–Kier alpha value is -1.55. The molecule has 2 rings (SSSR count). The topological polar surface area (TPSA) is 41.6 Å². The van der Waals surface area contributed by atoms with Gasteiger partial charge in [0, 0.05) is 19.5 Å². The van der Waals surface area contributed by atoms with Gasteiger partial charge in [-0.25, -0.2) is 0 Å². The molecule has 1 aliphatic heterocycles. The van der Waals surface area contributed by atoms with Crippen molar-refractivity contribution in [1.82, 2.24) is 10.2 Å². The van der Waals surface area contributed by atoms with Crippen molar-refractivity contribution in [1.29, 1.82) is 0 Å². The molecule has 0 aliphatic carbocycles. The molecule has 1 heterocycles. The van der Waals surface area contributed by atoms with E-state index in [0.717, 1.165) is 51.3 Å². The van der Waals surface area contributed by atoms with Crippen molar-refractivity contribution >= 4 is 5.91 Å². The standard InChI is InChI=1S/C16H24N2O2/c1-17-16(19)14-8-11-18(12-9-14)10-5-13-20-15-6-3-2-4-7-15/h2-4,6-7,14H,5,8-13H2,1H3,(H,17,19). The largest absolute Gasteiger partial charge is 0.494 e. The molecule has 0 aromatic heterocycles. The van der Waals surface area contributed by atoms with Crippen molar-refractivity contribution in [3.05, 3.63) is 30.3 Å². The highest BCUT2D eigenvalue weighted by atomic mass is 16.5. The number of carbonyl (C=O) groups is 1. The first-order valence-corrected chi connectivity index (χ1v) is 7.41. The van der Waals surface area contributed by atoms with Crippen LogP contribution < -0.4 is 10.1 Å². The third-order valence-electron chi connectivity index (χ3n) is 3.84. The van der Waals surface area contributed by atoms with Gasteiger partial charge in [0.25, 0.3) is 0 Å². The van der Waals surface area contributed by atoms with E-state index in [1.165, 1.54) is 0 Å². The quantitative estimate of drug-likeness (QED) is 0.807. The average Bonchev–Trinajstić information content (AvgIpc) is 2.52. The summed E-state index contributed by atoms with van der Waals surface area (Å²) in [6.07, 6.45) is 2.97. The second kappa shape index (κ2) is 7.90. The SMILES string of the molecule is CNC(=O)C1CCN(CCCOc2ccccc2)CC1. The van der Waals surface area contributed by atoms with E-state index in [4.69, 9.17) is 4.74 Å². The van der Waals surface area contributed by atoms with Crippen molar-refractivity contribution in [2.24, 2.45) is 5.92 Å². The van der Waals surface area contributed by atoms with Crippen LogP contribution in [0.1, 0.15) is 19.3 Å². The molecular weight excluding hydrogens is 252 g/mol. The maximum Gasteiger partial charge on any atom is 0.222 e. The Morgan fingerprint density at radius 1 is 1.30 bits per heavy atom. The summed E-state index contributed by atoms with van der Waals surface area (Å²) in [5, 5.41) is 2.74. The Bertz CT molecular complexity index is 400. The van der Waals surface area contributed by atoms with E-state index >= 15 is 0 Å². The first-order chi connectivity index (χ1) is 9.79. The summed E-state index contributed by atoms with van der Waals surface area (Å²) in [5.41, 5.74) is 0. The molecule has 0 saturated carbocycles. The second-order valence-corrected chi connectivity index (χ2v) is 5.25. The molecule has 0 atom stereocenters. The molecule has 1 N–H and O–H groups in total. The fourth-order valence-electron chi connectivity index (χ4n) is 2.62. The number of para-hydroxylation sites is 1. The zero-order chi connectivity index (χ0) is 14.2. The van der Waals surface area contributed by atoms with Gasteiger partial charge >= 0.3 is 0 Å². The molecule has 1 saturated heterocycles. The summed E-state index contributed by atoms with van der Waals surface area (Å²) in [6, 6.07) is 9.92. The molecule has 1 aromatic rings. The lowest BCUT2D eigenvalue weighted by atomic mass is 9.96. The number of nitrogens with one attached hydrogen (secondary N) is 1. The number of nitrogens with zero attached hydrogens (tertiary/aromatic N) is 1. The van der Waals surface area contributed by atoms with Crippen LogP contribution in [-0.4, -0.2) is 44.1 Å². The number of carbonyl (C=O) groups excluding carboxylic acids is 1. The van der Waals surface area contributed by atoms with Crippen molar-refractivity contribution in [2.45, 2.75) is 19.3 Å². The number of hydrogen-bond acceptors (Lipinski definition) is 3. The maximum atomic E-state index is 11.5. The molecule has 1 amide bonds. The molecule has 4 heteroatoms. The molecule has 0 bridgehead atoms. The van der Waals surface area contributed by atoms with Crippen LogP contribution in [0.2, 0.25) is 0 Å².